The van der Waals surface area contributed by atoms with Gasteiger partial charge in [0.25, 0.3) is 0 Å². The maximum atomic E-state index is 2.44. The second-order valence-electron chi connectivity index (χ2n) is 16.0. The SMILES string of the molecule is c1cc(-c2cccc3ccccc23)cc(-c2c3ccccc3c(-c3cccc(-c4cc5ccccc5c5ccccc45)c3)c3ccc(-c4ccc5ccccc5c4)cc23)c1. The zero-order chi connectivity index (χ0) is 39.6. The first-order chi connectivity index (χ1) is 29.7. The summed E-state index contributed by atoms with van der Waals surface area (Å²) in [5, 5.41) is 15.1. The minimum atomic E-state index is 1.21. The molecule has 0 aliphatic heterocycles. The highest BCUT2D eigenvalue weighted by Gasteiger charge is 2.19. The molecule has 0 nitrogen and oxygen atoms in total. The van der Waals surface area contributed by atoms with Gasteiger partial charge in [-0.25, -0.2) is 0 Å². The van der Waals surface area contributed by atoms with Crippen molar-refractivity contribution < 1.29 is 0 Å². The van der Waals surface area contributed by atoms with Crippen molar-refractivity contribution in [1.29, 1.82) is 0 Å². The van der Waals surface area contributed by atoms with Crippen LogP contribution in [0.3, 0.4) is 0 Å². The molecule has 0 aromatic heterocycles. The summed E-state index contributed by atoms with van der Waals surface area (Å²) in [7, 11) is 0. The van der Waals surface area contributed by atoms with Gasteiger partial charge in [-0.1, -0.05) is 200 Å². The molecule has 0 heteroatoms. The highest BCUT2D eigenvalue weighted by Crippen LogP contribution is 2.47. The van der Waals surface area contributed by atoms with Gasteiger partial charge in [-0.05, 0) is 151 Å². The van der Waals surface area contributed by atoms with Gasteiger partial charge in [0.05, 0.1) is 0 Å². The third kappa shape index (κ3) is 5.61. The molecule has 0 amide bonds. The first kappa shape index (κ1) is 34.3. The Morgan fingerprint density at radius 1 is 0.167 bits per heavy atom. The van der Waals surface area contributed by atoms with E-state index in [1.165, 1.54) is 120 Å². The molecule has 12 aromatic carbocycles. The molecule has 0 saturated heterocycles. The van der Waals surface area contributed by atoms with Crippen LogP contribution in [0.2, 0.25) is 0 Å². The van der Waals surface area contributed by atoms with E-state index >= 15 is 0 Å². The van der Waals surface area contributed by atoms with Crippen molar-refractivity contribution >= 4 is 64.6 Å². The van der Waals surface area contributed by atoms with Crippen LogP contribution in [0.1, 0.15) is 0 Å². The Hall–Kier alpha value is -7.80. The third-order valence-electron chi connectivity index (χ3n) is 12.6. The molecule has 278 valence electrons. The average Bonchev–Trinajstić information content (AvgIpc) is 3.32. The fourth-order valence-electron chi connectivity index (χ4n) is 9.80. The van der Waals surface area contributed by atoms with Crippen LogP contribution >= 0.6 is 0 Å². The molecule has 12 aromatic rings. The van der Waals surface area contributed by atoms with E-state index < -0.39 is 0 Å². The summed E-state index contributed by atoms with van der Waals surface area (Å²) in [6.07, 6.45) is 0. The lowest BCUT2D eigenvalue weighted by atomic mass is 9.83. The van der Waals surface area contributed by atoms with E-state index in [-0.39, 0.29) is 0 Å². The Bertz CT molecular complexity index is 3660. The molecule has 0 heterocycles. The normalized spacial score (nSPS) is 11.7. The lowest BCUT2D eigenvalue weighted by Gasteiger charge is -2.20. The average molecular weight is 759 g/mol. The quantitative estimate of drug-likeness (QED) is 0.121. The fraction of sp³-hybridized carbons (Fsp3) is 0. The second-order valence-corrected chi connectivity index (χ2v) is 16.0. The van der Waals surface area contributed by atoms with Crippen LogP contribution in [0.15, 0.2) is 231 Å². The van der Waals surface area contributed by atoms with Gasteiger partial charge < -0.3 is 0 Å². The minimum Gasteiger partial charge on any atom is -0.0616 e. The predicted molar refractivity (Wildman–Crippen MR) is 259 cm³/mol. The molecule has 0 radical (unpaired) electrons. The van der Waals surface area contributed by atoms with Crippen LogP contribution in [-0.2, 0) is 0 Å². The van der Waals surface area contributed by atoms with Gasteiger partial charge in [-0.15, -0.1) is 0 Å². The van der Waals surface area contributed by atoms with Gasteiger partial charge >= 0.3 is 0 Å². The number of rotatable bonds is 5. The summed E-state index contributed by atoms with van der Waals surface area (Å²) < 4.78 is 0. The lowest BCUT2D eigenvalue weighted by molar-refractivity contribution is 1.62. The van der Waals surface area contributed by atoms with Crippen molar-refractivity contribution in [3.05, 3.63) is 231 Å². The highest BCUT2D eigenvalue weighted by atomic mass is 14.2. The van der Waals surface area contributed by atoms with E-state index in [4.69, 9.17) is 0 Å². The maximum absolute atomic E-state index is 2.44. The summed E-state index contributed by atoms with van der Waals surface area (Å²) in [6.45, 7) is 0. The highest BCUT2D eigenvalue weighted by molar-refractivity contribution is 6.22. The number of hydrogen-bond acceptors (Lipinski definition) is 0. The van der Waals surface area contributed by atoms with E-state index in [2.05, 4.69) is 231 Å². The van der Waals surface area contributed by atoms with Crippen LogP contribution in [0, 0.1) is 0 Å². The van der Waals surface area contributed by atoms with Gasteiger partial charge in [0.15, 0.2) is 0 Å². The molecule has 0 fully saturated rings. The molecular weight excluding hydrogens is 721 g/mol. The molecule has 0 aliphatic carbocycles. The summed E-state index contributed by atoms with van der Waals surface area (Å²) in [5.41, 5.74) is 12.3. The first-order valence-corrected chi connectivity index (χ1v) is 20.8. The van der Waals surface area contributed by atoms with Crippen molar-refractivity contribution in [2.75, 3.05) is 0 Å². The van der Waals surface area contributed by atoms with E-state index in [1.54, 1.807) is 0 Å². The minimum absolute atomic E-state index is 1.21. The Kier molecular flexibility index (Phi) is 7.96. The molecule has 0 N–H and O–H groups in total. The topological polar surface area (TPSA) is 0 Å². The van der Waals surface area contributed by atoms with Gasteiger partial charge in [0.1, 0.15) is 0 Å². The zero-order valence-corrected chi connectivity index (χ0v) is 32.9. The molecule has 0 saturated carbocycles. The standard InChI is InChI=1S/C60H38/c1-2-16-41-34-42(31-30-39(41)14-1)43-32-33-56-58(37-43)60(48-22-11-19-44(35-48)50-29-13-18-40-15-3-5-23-49(40)50)55-28-10-9-27-54(55)59(56)47-21-12-20-45(36-47)57-38-46-17-4-6-24-51(46)52-25-7-8-26-53(52)57/h1-38H. The van der Waals surface area contributed by atoms with E-state index in [0.29, 0.717) is 0 Å². The largest absolute Gasteiger partial charge is 0.0616 e. The van der Waals surface area contributed by atoms with Crippen LogP contribution in [0.25, 0.3) is 120 Å². The number of hydrogen-bond donors (Lipinski definition) is 0. The summed E-state index contributed by atoms with van der Waals surface area (Å²) in [5.74, 6) is 0. The summed E-state index contributed by atoms with van der Waals surface area (Å²) >= 11 is 0. The van der Waals surface area contributed by atoms with Crippen molar-refractivity contribution in [2.24, 2.45) is 0 Å². The lowest BCUT2D eigenvalue weighted by Crippen LogP contribution is -1.93. The molecule has 0 aliphatic rings. The van der Waals surface area contributed by atoms with Crippen LogP contribution in [0.4, 0.5) is 0 Å². The molecule has 0 unspecified atom stereocenters. The third-order valence-corrected chi connectivity index (χ3v) is 12.6. The molecule has 12 rings (SSSR count). The van der Waals surface area contributed by atoms with Crippen LogP contribution < -0.4 is 0 Å². The Morgan fingerprint density at radius 3 is 1.40 bits per heavy atom. The van der Waals surface area contributed by atoms with Gasteiger partial charge in [0.2, 0.25) is 0 Å². The fourth-order valence-corrected chi connectivity index (χ4v) is 9.80. The Balaban J connectivity index is 1.13. The molecular formula is C60H38. The Morgan fingerprint density at radius 2 is 0.650 bits per heavy atom. The van der Waals surface area contributed by atoms with E-state index in [1.807, 2.05) is 0 Å². The molecule has 0 spiro atoms. The van der Waals surface area contributed by atoms with Crippen molar-refractivity contribution in [3.63, 3.8) is 0 Å². The van der Waals surface area contributed by atoms with Crippen LogP contribution in [-0.4, -0.2) is 0 Å². The van der Waals surface area contributed by atoms with Gasteiger partial charge in [-0.2, -0.15) is 0 Å². The first-order valence-electron chi connectivity index (χ1n) is 20.8. The monoisotopic (exact) mass is 758 g/mol. The van der Waals surface area contributed by atoms with Crippen LogP contribution in [0.5, 0.6) is 0 Å². The summed E-state index contributed by atoms with van der Waals surface area (Å²) in [6, 6.07) is 85.3. The van der Waals surface area contributed by atoms with E-state index in [9.17, 15) is 0 Å². The number of benzene rings is 12. The molecule has 0 atom stereocenters. The maximum Gasteiger partial charge on any atom is -0.00259 e. The van der Waals surface area contributed by atoms with Crippen molar-refractivity contribution in [2.45, 2.75) is 0 Å². The van der Waals surface area contributed by atoms with Gasteiger partial charge in [0, 0.05) is 0 Å². The molecule has 0 bridgehead atoms. The van der Waals surface area contributed by atoms with E-state index in [0.717, 1.165) is 0 Å². The van der Waals surface area contributed by atoms with Crippen molar-refractivity contribution in [1.82, 2.24) is 0 Å². The second kappa shape index (κ2) is 13.9. The number of fused-ring (bicyclic) bond motifs is 7. The van der Waals surface area contributed by atoms with Crippen molar-refractivity contribution in [3.8, 4) is 55.6 Å². The zero-order valence-electron chi connectivity index (χ0n) is 32.9. The molecule has 60 heavy (non-hydrogen) atoms. The van der Waals surface area contributed by atoms with Gasteiger partial charge in [-0.3, -0.25) is 0 Å². The smallest absolute Gasteiger partial charge is 0.00259 e. The summed E-state index contributed by atoms with van der Waals surface area (Å²) in [4.78, 5) is 0. The Labute approximate surface area is 349 Å². The predicted octanol–water partition coefficient (Wildman–Crippen LogP) is 16.9.